The van der Waals surface area contributed by atoms with Crippen LogP contribution in [0.2, 0.25) is 0 Å². The highest BCUT2D eigenvalue weighted by Crippen LogP contribution is 2.30. The molecule has 1 saturated heterocycles. The van der Waals surface area contributed by atoms with E-state index < -0.39 is 11.9 Å². The highest BCUT2D eigenvalue weighted by molar-refractivity contribution is 5.57. The third-order valence-electron chi connectivity index (χ3n) is 5.06. The second-order valence-corrected chi connectivity index (χ2v) is 7.05. The lowest BCUT2D eigenvalue weighted by Gasteiger charge is -2.34. The molecule has 4 rings (SSSR count). The van der Waals surface area contributed by atoms with E-state index in [4.69, 9.17) is 4.98 Å². The number of aromatic nitrogens is 5. The fourth-order valence-corrected chi connectivity index (χ4v) is 3.53. The third kappa shape index (κ3) is 4.23. The van der Waals surface area contributed by atoms with Crippen LogP contribution in [0.25, 0.3) is 11.4 Å². The van der Waals surface area contributed by atoms with Crippen molar-refractivity contribution >= 4 is 5.82 Å². The van der Waals surface area contributed by atoms with Crippen LogP contribution in [-0.4, -0.2) is 37.8 Å². The smallest absolute Gasteiger partial charge is 0.354 e. The van der Waals surface area contributed by atoms with Crippen LogP contribution in [0.3, 0.4) is 0 Å². The van der Waals surface area contributed by atoms with Gasteiger partial charge in [-0.25, -0.2) is 9.97 Å². The zero-order valence-corrected chi connectivity index (χ0v) is 16.0. The van der Waals surface area contributed by atoms with Gasteiger partial charge in [-0.3, -0.25) is 9.67 Å². The second kappa shape index (κ2) is 7.81. The maximum absolute atomic E-state index is 12.9. The number of rotatable bonds is 4. The number of halogens is 3. The Bertz CT molecular complexity index is 970. The first kappa shape index (κ1) is 19.4. The average Bonchev–Trinajstić information content (AvgIpc) is 3.25. The number of aryl methyl sites for hydroxylation is 1. The summed E-state index contributed by atoms with van der Waals surface area (Å²) in [5, 5.41) is 3.76. The van der Waals surface area contributed by atoms with Crippen molar-refractivity contribution < 1.29 is 13.2 Å². The Labute approximate surface area is 166 Å². The van der Waals surface area contributed by atoms with Crippen LogP contribution in [0.1, 0.15) is 37.2 Å². The Balaban J connectivity index is 1.60. The predicted molar refractivity (Wildman–Crippen MR) is 102 cm³/mol. The van der Waals surface area contributed by atoms with Crippen molar-refractivity contribution in [3.8, 4) is 11.4 Å². The van der Waals surface area contributed by atoms with Gasteiger partial charge in [-0.05, 0) is 37.5 Å². The largest absolute Gasteiger partial charge is 0.435 e. The standard InChI is InChI=1S/C20H21F3N6/c1-2-15-12-18(26-19(25-15)14-5-8-24-9-6-14)28-10-3-4-16(13-28)29-11-7-17(27-29)20(21,22)23/h5-9,11-12,16H,2-4,10,13H2,1H3. The van der Waals surface area contributed by atoms with E-state index in [0.29, 0.717) is 12.4 Å². The van der Waals surface area contributed by atoms with Gasteiger partial charge in [-0.2, -0.15) is 18.3 Å². The minimum atomic E-state index is -4.43. The maximum Gasteiger partial charge on any atom is 0.435 e. The molecule has 0 aliphatic carbocycles. The fraction of sp³-hybridized carbons (Fsp3) is 0.400. The van der Waals surface area contributed by atoms with Gasteiger partial charge in [0.15, 0.2) is 11.5 Å². The first-order chi connectivity index (χ1) is 13.9. The fourth-order valence-electron chi connectivity index (χ4n) is 3.53. The summed E-state index contributed by atoms with van der Waals surface area (Å²) in [6.45, 7) is 3.37. The van der Waals surface area contributed by atoms with Gasteiger partial charge in [0.25, 0.3) is 0 Å². The van der Waals surface area contributed by atoms with Crippen LogP contribution in [0, 0.1) is 0 Å². The van der Waals surface area contributed by atoms with E-state index in [1.54, 1.807) is 12.4 Å². The number of alkyl halides is 3. The lowest BCUT2D eigenvalue weighted by Crippen LogP contribution is -2.37. The molecule has 1 fully saturated rings. The molecule has 1 atom stereocenters. The lowest BCUT2D eigenvalue weighted by molar-refractivity contribution is -0.141. The van der Waals surface area contributed by atoms with Crippen LogP contribution in [0.15, 0.2) is 42.9 Å². The Hall–Kier alpha value is -2.97. The summed E-state index contributed by atoms with van der Waals surface area (Å²) in [4.78, 5) is 15.5. The van der Waals surface area contributed by atoms with E-state index in [-0.39, 0.29) is 6.04 Å². The van der Waals surface area contributed by atoms with Crippen molar-refractivity contribution in [1.29, 1.82) is 0 Å². The van der Waals surface area contributed by atoms with Crippen molar-refractivity contribution in [2.75, 3.05) is 18.0 Å². The molecule has 1 aliphatic heterocycles. The number of hydrogen-bond acceptors (Lipinski definition) is 5. The molecule has 1 unspecified atom stereocenters. The Morgan fingerprint density at radius 3 is 2.62 bits per heavy atom. The van der Waals surface area contributed by atoms with Crippen molar-refractivity contribution in [3.63, 3.8) is 0 Å². The van der Waals surface area contributed by atoms with Gasteiger partial charge in [0.05, 0.1) is 6.04 Å². The lowest BCUT2D eigenvalue weighted by atomic mass is 10.1. The molecule has 152 valence electrons. The van der Waals surface area contributed by atoms with Crippen molar-refractivity contribution in [2.24, 2.45) is 0 Å². The van der Waals surface area contributed by atoms with Crippen LogP contribution in [0.4, 0.5) is 19.0 Å². The van der Waals surface area contributed by atoms with Crippen molar-refractivity contribution in [3.05, 3.63) is 54.2 Å². The molecule has 0 amide bonds. The zero-order chi connectivity index (χ0) is 20.4. The summed E-state index contributed by atoms with van der Waals surface area (Å²) in [7, 11) is 0. The van der Waals surface area contributed by atoms with Crippen molar-refractivity contribution in [2.45, 2.75) is 38.4 Å². The maximum atomic E-state index is 12.9. The molecule has 0 radical (unpaired) electrons. The number of piperidine rings is 1. The molecule has 0 aromatic carbocycles. The molecule has 0 spiro atoms. The van der Waals surface area contributed by atoms with E-state index in [0.717, 1.165) is 48.9 Å². The van der Waals surface area contributed by atoms with E-state index >= 15 is 0 Å². The van der Waals surface area contributed by atoms with Crippen LogP contribution in [0.5, 0.6) is 0 Å². The first-order valence-electron chi connectivity index (χ1n) is 9.59. The average molecular weight is 402 g/mol. The summed E-state index contributed by atoms with van der Waals surface area (Å²) in [5.41, 5.74) is 0.944. The van der Waals surface area contributed by atoms with E-state index in [1.165, 1.54) is 10.9 Å². The van der Waals surface area contributed by atoms with Gasteiger partial charge in [0.2, 0.25) is 0 Å². The number of anilines is 1. The van der Waals surface area contributed by atoms with E-state index in [1.807, 2.05) is 25.1 Å². The SMILES string of the molecule is CCc1cc(N2CCCC(n3ccc(C(F)(F)F)n3)C2)nc(-c2ccncc2)n1. The highest BCUT2D eigenvalue weighted by atomic mass is 19.4. The van der Waals surface area contributed by atoms with Gasteiger partial charge in [0.1, 0.15) is 5.82 Å². The second-order valence-electron chi connectivity index (χ2n) is 7.05. The van der Waals surface area contributed by atoms with E-state index in [9.17, 15) is 13.2 Å². The minimum absolute atomic E-state index is 0.135. The van der Waals surface area contributed by atoms with Gasteiger partial charge in [-0.15, -0.1) is 0 Å². The minimum Gasteiger partial charge on any atom is -0.354 e. The Kier molecular flexibility index (Phi) is 5.21. The highest BCUT2D eigenvalue weighted by Gasteiger charge is 2.34. The normalized spacial score (nSPS) is 17.5. The monoisotopic (exact) mass is 402 g/mol. The first-order valence-corrected chi connectivity index (χ1v) is 9.59. The molecule has 9 heteroatoms. The van der Waals surface area contributed by atoms with Gasteiger partial charge >= 0.3 is 6.18 Å². The van der Waals surface area contributed by atoms with Crippen LogP contribution < -0.4 is 4.90 Å². The quantitative estimate of drug-likeness (QED) is 0.656. The summed E-state index contributed by atoms with van der Waals surface area (Å²) in [6.07, 6.45) is 2.77. The Morgan fingerprint density at radius 1 is 1.14 bits per heavy atom. The summed E-state index contributed by atoms with van der Waals surface area (Å²) in [6, 6.07) is 6.57. The number of nitrogens with zero attached hydrogens (tertiary/aromatic N) is 6. The summed E-state index contributed by atoms with van der Waals surface area (Å²) < 4.78 is 40.1. The predicted octanol–water partition coefficient (Wildman–Crippen LogP) is 4.16. The van der Waals surface area contributed by atoms with E-state index in [2.05, 4.69) is 20.0 Å². The van der Waals surface area contributed by atoms with Gasteiger partial charge in [-0.1, -0.05) is 6.92 Å². The molecule has 0 N–H and O–H groups in total. The molecular weight excluding hydrogens is 381 g/mol. The third-order valence-corrected chi connectivity index (χ3v) is 5.06. The molecule has 0 bridgehead atoms. The zero-order valence-electron chi connectivity index (χ0n) is 16.0. The number of hydrogen-bond donors (Lipinski definition) is 0. The Morgan fingerprint density at radius 2 is 1.93 bits per heavy atom. The molecule has 3 aromatic heterocycles. The van der Waals surface area contributed by atoms with Crippen LogP contribution >= 0.6 is 0 Å². The molecule has 4 heterocycles. The van der Waals surface area contributed by atoms with Gasteiger partial charge in [0, 0.05) is 49.0 Å². The topological polar surface area (TPSA) is 59.7 Å². The molecule has 3 aromatic rings. The summed E-state index contributed by atoms with van der Waals surface area (Å²) >= 11 is 0. The van der Waals surface area contributed by atoms with Crippen LogP contribution in [-0.2, 0) is 12.6 Å². The number of pyridine rings is 1. The molecule has 0 saturated carbocycles. The summed E-state index contributed by atoms with van der Waals surface area (Å²) in [5.74, 6) is 1.42. The molecular formula is C20H21F3N6. The van der Waals surface area contributed by atoms with Crippen molar-refractivity contribution in [1.82, 2.24) is 24.7 Å². The molecule has 1 aliphatic rings. The molecule has 6 nitrogen and oxygen atoms in total. The van der Waals surface area contributed by atoms with Gasteiger partial charge < -0.3 is 4.90 Å². The molecule has 29 heavy (non-hydrogen) atoms.